The van der Waals surface area contributed by atoms with Crippen LogP contribution in [0.25, 0.3) is 0 Å². The molecule has 23 heavy (non-hydrogen) atoms. The average molecular weight is 321 g/mol. The lowest BCUT2D eigenvalue weighted by Gasteiger charge is -2.26. The van der Waals surface area contributed by atoms with Crippen molar-refractivity contribution in [2.75, 3.05) is 25.5 Å². The van der Waals surface area contributed by atoms with Crippen LogP contribution in [0.5, 0.6) is 5.75 Å². The number of hydrogen-bond donors (Lipinski definition) is 1. The van der Waals surface area contributed by atoms with Crippen LogP contribution in [0.15, 0.2) is 18.2 Å². The maximum atomic E-state index is 12.5. The number of amides is 1. The summed E-state index contributed by atoms with van der Waals surface area (Å²) in [6.45, 7) is 3.67. The van der Waals surface area contributed by atoms with Crippen LogP contribution in [-0.2, 0) is 4.79 Å². The molecule has 1 aliphatic rings. The second kappa shape index (κ2) is 7.92. The smallest absolute Gasteiger partial charge is 0.271 e. The lowest BCUT2D eigenvalue weighted by atomic mass is 10.2. The van der Waals surface area contributed by atoms with Gasteiger partial charge in [-0.25, -0.2) is 0 Å². The number of carbonyl (C=O) groups excluding carboxylic acids is 1. The Hall–Kier alpha value is -2.15. The van der Waals surface area contributed by atoms with E-state index in [2.05, 4.69) is 10.2 Å². The van der Waals surface area contributed by atoms with Crippen LogP contribution in [0.1, 0.15) is 32.6 Å². The Morgan fingerprint density at radius 1 is 1.30 bits per heavy atom. The van der Waals surface area contributed by atoms with Crippen LogP contribution in [0.2, 0.25) is 0 Å². The number of carbonyl (C=O) groups is 1. The first-order valence-corrected chi connectivity index (χ1v) is 7.90. The Morgan fingerprint density at radius 2 is 1.96 bits per heavy atom. The number of likely N-dealkylation sites (tertiary alicyclic amines) is 1. The Kier molecular flexibility index (Phi) is 5.92. The van der Waals surface area contributed by atoms with Crippen LogP contribution in [0.4, 0.5) is 11.4 Å². The third-order valence-corrected chi connectivity index (χ3v) is 4.22. The van der Waals surface area contributed by atoms with E-state index in [4.69, 9.17) is 4.74 Å². The number of anilines is 1. The summed E-state index contributed by atoms with van der Waals surface area (Å²) in [5.41, 5.74) is 0.247. The molecule has 1 amide bonds. The molecule has 1 atom stereocenters. The van der Waals surface area contributed by atoms with Gasteiger partial charge in [-0.2, -0.15) is 0 Å². The third-order valence-electron chi connectivity index (χ3n) is 4.22. The molecule has 0 bridgehead atoms. The number of rotatable bonds is 5. The summed E-state index contributed by atoms with van der Waals surface area (Å²) in [6, 6.07) is 3.89. The summed E-state index contributed by atoms with van der Waals surface area (Å²) in [6.07, 6.45) is 4.59. The van der Waals surface area contributed by atoms with Crippen molar-refractivity contribution in [3.8, 4) is 5.75 Å². The van der Waals surface area contributed by atoms with E-state index in [-0.39, 0.29) is 17.6 Å². The van der Waals surface area contributed by atoms with Crippen LogP contribution < -0.4 is 10.1 Å². The van der Waals surface area contributed by atoms with Gasteiger partial charge in [-0.3, -0.25) is 19.8 Å². The molecule has 0 aliphatic carbocycles. The number of methoxy groups -OCH3 is 1. The number of nitrogens with zero attached hydrogens (tertiary/aromatic N) is 2. The van der Waals surface area contributed by atoms with Gasteiger partial charge in [0.1, 0.15) is 5.75 Å². The molecule has 1 N–H and O–H groups in total. The number of nitro groups is 1. The number of hydrogen-bond acceptors (Lipinski definition) is 5. The van der Waals surface area contributed by atoms with Gasteiger partial charge in [-0.1, -0.05) is 12.8 Å². The molecular formula is C16H23N3O4. The topological polar surface area (TPSA) is 84.7 Å². The molecule has 1 heterocycles. The van der Waals surface area contributed by atoms with Gasteiger partial charge in [-0.05, 0) is 38.9 Å². The van der Waals surface area contributed by atoms with E-state index in [9.17, 15) is 14.9 Å². The molecule has 1 saturated heterocycles. The number of benzene rings is 1. The first-order valence-electron chi connectivity index (χ1n) is 7.90. The first kappa shape index (κ1) is 17.2. The largest absolute Gasteiger partial charge is 0.495 e. The molecule has 0 unspecified atom stereocenters. The minimum atomic E-state index is -0.493. The molecule has 0 spiro atoms. The zero-order valence-corrected chi connectivity index (χ0v) is 13.6. The zero-order chi connectivity index (χ0) is 16.8. The van der Waals surface area contributed by atoms with Crippen molar-refractivity contribution < 1.29 is 14.5 Å². The number of nitro benzene ring substituents is 1. The van der Waals surface area contributed by atoms with E-state index < -0.39 is 4.92 Å². The molecule has 7 nitrogen and oxygen atoms in total. The Labute approximate surface area is 135 Å². The molecule has 1 fully saturated rings. The summed E-state index contributed by atoms with van der Waals surface area (Å²) in [4.78, 5) is 25.1. The lowest BCUT2D eigenvalue weighted by molar-refractivity contribution is -0.384. The normalized spacial score (nSPS) is 17.1. The maximum Gasteiger partial charge on any atom is 0.271 e. The van der Waals surface area contributed by atoms with Gasteiger partial charge in [0.05, 0.1) is 23.8 Å². The van der Waals surface area contributed by atoms with Gasteiger partial charge in [0, 0.05) is 12.1 Å². The highest BCUT2D eigenvalue weighted by molar-refractivity contribution is 5.96. The Balaban J connectivity index is 2.11. The molecular weight excluding hydrogens is 298 g/mol. The number of ether oxygens (including phenoxy) is 1. The van der Waals surface area contributed by atoms with Gasteiger partial charge in [0.25, 0.3) is 5.69 Å². The van der Waals surface area contributed by atoms with Crippen LogP contribution >= 0.6 is 0 Å². The van der Waals surface area contributed by atoms with Gasteiger partial charge < -0.3 is 10.1 Å². The van der Waals surface area contributed by atoms with Gasteiger partial charge >= 0.3 is 0 Å². The molecule has 126 valence electrons. The predicted molar refractivity (Wildman–Crippen MR) is 87.8 cm³/mol. The maximum absolute atomic E-state index is 12.5. The SMILES string of the molecule is COc1ccc([N+](=O)[O-])cc1NC(=O)[C@H](C)N1CCCCCC1. The van der Waals surface area contributed by atoms with Crippen molar-refractivity contribution in [3.63, 3.8) is 0 Å². The second-order valence-electron chi connectivity index (χ2n) is 5.76. The fourth-order valence-electron chi connectivity index (χ4n) is 2.79. The van der Waals surface area contributed by atoms with Gasteiger partial charge in [0.2, 0.25) is 5.91 Å². The molecule has 2 rings (SSSR count). The fraction of sp³-hybridized carbons (Fsp3) is 0.562. The molecule has 0 aromatic heterocycles. The minimum absolute atomic E-state index is 0.0801. The molecule has 7 heteroatoms. The number of non-ortho nitro benzene ring substituents is 1. The molecule has 1 aliphatic heterocycles. The van der Waals surface area contributed by atoms with Crippen molar-refractivity contribution >= 4 is 17.3 Å². The summed E-state index contributed by atoms with van der Waals surface area (Å²) >= 11 is 0. The highest BCUT2D eigenvalue weighted by atomic mass is 16.6. The highest BCUT2D eigenvalue weighted by Crippen LogP contribution is 2.29. The first-order chi connectivity index (χ1) is 11.0. The molecule has 0 saturated carbocycles. The van der Waals surface area contributed by atoms with Crippen molar-refractivity contribution in [2.45, 2.75) is 38.6 Å². The molecule has 1 aromatic carbocycles. The lowest BCUT2D eigenvalue weighted by Crippen LogP contribution is -2.42. The van der Waals surface area contributed by atoms with E-state index in [1.165, 1.54) is 38.2 Å². The second-order valence-corrected chi connectivity index (χ2v) is 5.76. The molecule has 0 radical (unpaired) electrons. The summed E-state index contributed by atoms with van der Waals surface area (Å²) in [7, 11) is 1.47. The minimum Gasteiger partial charge on any atom is -0.495 e. The highest BCUT2D eigenvalue weighted by Gasteiger charge is 2.23. The van der Waals surface area contributed by atoms with Crippen LogP contribution in [-0.4, -0.2) is 42.0 Å². The van der Waals surface area contributed by atoms with Crippen molar-refractivity contribution in [1.29, 1.82) is 0 Å². The van der Waals surface area contributed by atoms with E-state index in [0.717, 1.165) is 25.9 Å². The summed E-state index contributed by atoms with van der Waals surface area (Å²) in [5.74, 6) is 0.234. The van der Waals surface area contributed by atoms with E-state index in [0.29, 0.717) is 11.4 Å². The van der Waals surface area contributed by atoms with Crippen LogP contribution in [0, 0.1) is 10.1 Å². The van der Waals surface area contributed by atoms with Gasteiger partial charge in [0.15, 0.2) is 0 Å². The van der Waals surface area contributed by atoms with E-state index >= 15 is 0 Å². The third kappa shape index (κ3) is 4.41. The van der Waals surface area contributed by atoms with Crippen LogP contribution in [0.3, 0.4) is 0 Å². The quantitative estimate of drug-likeness (QED) is 0.666. The Morgan fingerprint density at radius 3 is 2.52 bits per heavy atom. The summed E-state index contributed by atoms with van der Waals surface area (Å²) < 4.78 is 5.18. The zero-order valence-electron chi connectivity index (χ0n) is 13.6. The van der Waals surface area contributed by atoms with E-state index in [1.54, 1.807) is 0 Å². The molecule has 1 aromatic rings. The predicted octanol–water partition coefficient (Wildman–Crippen LogP) is 2.81. The van der Waals surface area contributed by atoms with Crippen molar-refractivity contribution in [1.82, 2.24) is 4.90 Å². The standard InChI is InChI=1S/C16H23N3O4/c1-12(18-9-5-3-4-6-10-18)16(20)17-14-11-13(19(21)22)7-8-15(14)23-2/h7-8,11-12H,3-6,9-10H2,1-2H3,(H,17,20)/t12-/m0/s1. The summed E-state index contributed by atoms with van der Waals surface area (Å²) in [5, 5.41) is 13.7. The van der Waals surface area contributed by atoms with Crippen molar-refractivity contribution in [3.05, 3.63) is 28.3 Å². The van der Waals surface area contributed by atoms with Gasteiger partial charge in [-0.15, -0.1) is 0 Å². The monoisotopic (exact) mass is 321 g/mol. The van der Waals surface area contributed by atoms with Crippen molar-refractivity contribution in [2.24, 2.45) is 0 Å². The van der Waals surface area contributed by atoms with E-state index in [1.807, 2.05) is 6.92 Å². The fourth-order valence-corrected chi connectivity index (χ4v) is 2.79. The number of nitrogens with one attached hydrogen (secondary N) is 1. The average Bonchev–Trinajstić information content (AvgIpc) is 2.83. The Bertz CT molecular complexity index is 568.